The van der Waals surface area contributed by atoms with Gasteiger partial charge >= 0.3 is 0 Å². The summed E-state index contributed by atoms with van der Waals surface area (Å²) in [6.45, 7) is 4.58. The molecule has 2 aliphatic rings. The quantitative estimate of drug-likeness (QED) is 0.845. The van der Waals surface area contributed by atoms with E-state index in [0.29, 0.717) is 24.5 Å². The van der Waals surface area contributed by atoms with Crippen LogP contribution in [-0.2, 0) is 9.63 Å². The second-order valence-electron chi connectivity index (χ2n) is 5.24. The number of hydrogen-bond acceptors (Lipinski definition) is 6. The maximum atomic E-state index is 10.9. The molecule has 0 atom stereocenters. The molecule has 0 unspecified atom stereocenters. The first-order chi connectivity index (χ1) is 10.7. The molecule has 1 aromatic rings. The highest BCUT2D eigenvalue weighted by Gasteiger charge is 2.33. The lowest BCUT2D eigenvalue weighted by Crippen LogP contribution is -2.31. The van der Waals surface area contributed by atoms with Gasteiger partial charge in [0.25, 0.3) is 0 Å². The van der Waals surface area contributed by atoms with Crippen LogP contribution >= 0.6 is 0 Å². The minimum atomic E-state index is 0.554. The Balaban J connectivity index is 2.15. The van der Waals surface area contributed by atoms with Crippen molar-refractivity contribution in [1.29, 1.82) is 0 Å². The zero-order valence-corrected chi connectivity index (χ0v) is 13.0. The van der Waals surface area contributed by atoms with Crippen molar-refractivity contribution in [2.75, 3.05) is 24.0 Å². The van der Waals surface area contributed by atoms with Crippen molar-refractivity contribution < 1.29 is 9.63 Å². The third kappa shape index (κ3) is 2.23. The summed E-state index contributed by atoms with van der Waals surface area (Å²) >= 11 is 0. The Morgan fingerprint density at radius 2 is 2.32 bits per heavy atom. The smallest absolute Gasteiger partial charge is 0.211 e. The molecule has 0 spiro atoms. The standard InChI is InChI=1S/C15H19N5O2/c1-4-5-11-12-7-19(22-3)9-20(12)15-14(18-11)13(17-8-21)10(2)6-16-15/h6-8H,4-5,9H2,1-3H3,(H,16,17,21). The molecule has 0 saturated heterocycles. The molecule has 1 aromatic heterocycles. The van der Waals surface area contributed by atoms with Gasteiger partial charge in [-0.15, -0.1) is 0 Å². The summed E-state index contributed by atoms with van der Waals surface area (Å²) in [6, 6.07) is 0. The molecule has 0 fully saturated rings. The maximum Gasteiger partial charge on any atom is 0.211 e. The van der Waals surface area contributed by atoms with Gasteiger partial charge in [-0.05, 0) is 18.9 Å². The first kappa shape index (κ1) is 14.5. The molecule has 7 nitrogen and oxygen atoms in total. The number of nitrogens with one attached hydrogen (secondary N) is 1. The van der Waals surface area contributed by atoms with Gasteiger partial charge in [0.2, 0.25) is 6.41 Å². The highest BCUT2D eigenvalue weighted by Crippen LogP contribution is 2.43. The number of pyridine rings is 1. The molecular weight excluding hydrogens is 282 g/mol. The summed E-state index contributed by atoms with van der Waals surface area (Å²) in [5.74, 6) is 0.737. The average molecular weight is 301 g/mol. The Morgan fingerprint density at radius 1 is 1.50 bits per heavy atom. The minimum Gasteiger partial charge on any atom is -0.326 e. The fourth-order valence-corrected chi connectivity index (χ4v) is 2.72. The molecule has 1 amide bonds. The first-order valence-corrected chi connectivity index (χ1v) is 7.27. The number of hydroxylamine groups is 2. The first-order valence-electron chi connectivity index (χ1n) is 7.27. The van der Waals surface area contributed by atoms with Crippen LogP contribution in [0.2, 0.25) is 0 Å². The average Bonchev–Trinajstić information content (AvgIpc) is 2.95. The van der Waals surface area contributed by atoms with Crippen LogP contribution in [0.25, 0.3) is 0 Å². The Labute approximate surface area is 129 Å². The number of rotatable bonds is 5. The molecule has 1 N–H and O–H groups in total. The summed E-state index contributed by atoms with van der Waals surface area (Å²) in [7, 11) is 1.63. The van der Waals surface area contributed by atoms with Crippen LogP contribution in [0.1, 0.15) is 25.3 Å². The van der Waals surface area contributed by atoms with Crippen LogP contribution in [0.5, 0.6) is 0 Å². The number of amides is 1. The minimum absolute atomic E-state index is 0.554. The van der Waals surface area contributed by atoms with Gasteiger partial charge in [-0.2, -0.15) is 0 Å². The van der Waals surface area contributed by atoms with Crippen LogP contribution in [0.3, 0.4) is 0 Å². The fourth-order valence-electron chi connectivity index (χ4n) is 2.72. The number of carbonyl (C=O) groups excluding carboxylic acids is 1. The predicted octanol–water partition coefficient (Wildman–Crippen LogP) is 2.33. The zero-order chi connectivity index (χ0) is 15.7. The Hall–Kier alpha value is -2.41. The van der Waals surface area contributed by atoms with Crippen LogP contribution in [0.15, 0.2) is 23.1 Å². The van der Waals surface area contributed by atoms with Crippen LogP contribution in [-0.4, -0.2) is 35.9 Å². The number of anilines is 2. The SMILES string of the molecule is CCCC1=Nc2c(ncc(C)c2NC=O)N2CN(OC)C=C12. The van der Waals surface area contributed by atoms with Gasteiger partial charge in [0.05, 0.1) is 30.4 Å². The van der Waals surface area contributed by atoms with Gasteiger partial charge in [-0.25, -0.2) is 15.0 Å². The van der Waals surface area contributed by atoms with Crippen molar-refractivity contribution in [3.8, 4) is 0 Å². The van der Waals surface area contributed by atoms with E-state index in [1.807, 2.05) is 13.1 Å². The van der Waals surface area contributed by atoms with Crippen molar-refractivity contribution in [3.05, 3.63) is 23.7 Å². The van der Waals surface area contributed by atoms with Gasteiger partial charge in [0.15, 0.2) is 5.82 Å². The van der Waals surface area contributed by atoms with E-state index in [9.17, 15) is 4.79 Å². The van der Waals surface area contributed by atoms with Crippen LogP contribution in [0, 0.1) is 6.92 Å². The molecule has 22 heavy (non-hydrogen) atoms. The zero-order valence-electron chi connectivity index (χ0n) is 13.0. The number of allylic oxidation sites excluding steroid dienone is 1. The van der Waals surface area contributed by atoms with Crippen molar-refractivity contribution in [3.63, 3.8) is 0 Å². The third-order valence-corrected chi connectivity index (χ3v) is 3.78. The van der Waals surface area contributed by atoms with Gasteiger partial charge in [0, 0.05) is 6.20 Å². The van der Waals surface area contributed by atoms with Crippen molar-refractivity contribution >= 4 is 29.3 Å². The molecule has 0 aliphatic carbocycles. The lowest BCUT2D eigenvalue weighted by atomic mass is 10.1. The summed E-state index contributed by atoms with van der Waals surface area (Å²) < 4.78 is 0. The van der Waals surface area contributed by atoms with E-state index in [-0.39, 0.29) is 0 Å². The summed E-state index contributed by atoms with van der Waals surface area (Å²) in [5, 5.41) is 4.49. The topological polar surface area (TPSA) is 70.1 Å². The molecule has 3 rings (SSSR count). The lowest BCUT2D eigenvalue weighted by molar-refractivity contribution is -0.105. The summed E-state index contributed by atoms with van der Waals surface area (Å²) in [5.41, 5.74) is 4.30. The molecular formula is C15H19N5O2. The molecule has 0 saturated carbocycles. The van der Waals surface area contributed by atoms with Crippen molar-refractivity contribution in [2.45, 2.75) is 26.7 Å². The summed E-state index contributed by atoms with van der Waals surface area (Å²) in [4.78, 5) is 27.6. The van der Waals surface area contributed by atoms with E-state index in [1.54, 1.807) is 18.4 Å². The van der Waals surface area contributed by atoms with E-state index in [0.717, 1.165) is 35.6 Å². The second kappa shape index (κ2) is 5.76. The normalized spacial score (nSPS) is 16.0. The summed E-state index contributed by atoms with van der Waals surface area (Å²) in [6.07, 6.45) is 6.20. The van der Waals surface area contributed by atoms with Gasteiger partial charge in [0.1, 0.15) is 12.4 Å². The van der Waals surface area contributed by atoms with E-state index >= 15 is 0 Å². The number of fused-ring (bicyclic) bond motifs is 3. The molecule has 116 valence electrons. The Kier molecular flexibility index (Phi) is 3.81. The van der Waals surface area contributed by atoms with Crippen LogP contribution in [0.4, 0.5) is 17.2 Å². The Bertz CT molecular complexity index is 668. The number of aryl methyl sites for hydroxylation is 1. The Morgan fingerprint density at radius 3 is 3.00 bits per heavy atom. The van der Waals surface area contributed by atoms with Crippen molar-refractivity contribution in [1.82, 2.24) is 10.0 Å². The number of aromatic nitrogens is 1. The second-order valence-corrected chi connectivity index (χ2v) is 5.24. The number of aliphatic imine (C=N–C) groups is 1. The largest absolute Gasteiger partial charge is 0.326 e. The molecule has 0 radical (unpaired) electrons. The van der Waals surface area contributed by atoms with Gasteiger partial charge < -0.3 is 10.2 Å². The molecule has 0 aromatic carbocycles. The maximum absolute atomic E-state index is 10.9. The molecule has 2 aliphatic heterocycles. The monoisotopic (exact) mass is 301 g/mol. The highest BCUT2D eigenvalue weighted by molar-refractivity contribution is 6.10. The number of carbonyl (C=O) groups is 1. The third-order valence-electron chi connectivity index (χ3n) is 3.78. The molecule has 0 bridgehead atoms. The highest BCUT2D eigenvalue weighted by atomic mass is 16.7. The van der Waals surface area contributed by atoms with E-state index in [1.165, 1.54) is 0 Å². The van der Waals surface area contributed by atoms with Gasteiger partial charge in [-0.3, -0.25) is 9.63 Å². The lowest BCUT2D eigenvalue weighted by Gasteiger charge is -2.29. The van der Waals surface area contributed by atoms with Crippen LogP contribution < -0.4 is 10.2 Å². The predicted molar refractivity (Wildman–Crippen MR) is 84.9 cm³/mol. The van der Waals surface area contributed by atoms with E-state index in [2.05, 4.69) is 22.1 Å². The number of nitrogens with zero attached hydrogens (tertiary/aromatic N) is 4. The van der Waals surface area contributed by atoms with E-state index < -0.39 is 0 Å². The van der Waals surface area contributed by atoms with Gasteiger partial charge in [-0.1, -0.05) is 13.3 Å². The molecule has 3 heterocycles. The fraction of sp³-hybridized carbons (Fsp3) is 0.400. The molecule has 7 heteroatoms. The van der Waals surface area contributed by atoms with Crippen molar-refractivity contribution in [2.24, 2.45) is 4.99 Å². The number of hydrogen-bond donors (Lipinski definition) is 1. The van der Waals surface area contributed by atoms with E-state index in [4.69, 9.17) is 9.83 Å².